The first-order valence-corrected chi connectivity index (χ1v) is 8.61. The molecule has 0 radical (unpaired) electrons. The molecule has 0 spiro atoms. The van der Waals surface area contributed by atoms with Crippen molar-refractivity contribution in [3.63, 3.8) is 0 Å². The molecule has 25 heavy (non-hydrogen) atoms. The number of nitrogens with two attached hydrogens (primary N) is 1. The van der Waals surface area contributed by atoms with Crippen molar-refractivity contribution in [2.75, 3.05) is 6.54 Å². The average molecular weight is 340 g/mol. The van der Waals surface area contributed by atoms with E-state index in [1.807, 2.05) is 51.1 Å². The number of hydrogen-bond acceptors (Lipinski definition) is 3. The molecular formula is C21H28N2O2. The molecule has 0 fully saturated rings. The Labute approximate surface area is 150 Å². The van der Waals surface area contributed by atoms with E-state index in [1.54, 1.807) is 24.3 Å². The number of para-hydroxylation sites is 1. The van der Waals surface area contributed by atoms with Gasteiger partial charge in [0.1, 0.15) is 11.5 Å². The summed E-state index contributed by atoms with van der Waals surface area (Å²) < 4.78 is 5.70. The van der Waals surface area contributed by atoms with Crippen LogP contribution in [0.3, 0.4) is 0 Å². The summed E-state index contributed by atoms with van der Waals surface area (Å²) in [6.07, 6.45) is 0.774. The second-order valence-electron chi connectivity index (χ2n) is 5.46. The Morgan fingerprint density at radius 2 is 1.64 bits per heavy atom. The fraction of sp³-hybridized carbons (Fsp3) is 0.286. The van der Waals surface area contributed by atoms with Crippen molar-refractivity contribution in [2.45, 2.75) is 27.2 Å². The monoisotopic (exact) mass is 340 g/mol. The van der Waals surface area contributed by atoms with Crippen molar-refractivity contribution in [3.05, 3.63) is 72.4 Å². The van der Waals surface area contributed by atoms with E-state index in [0.717, 1.165) is 12.2 Å². The molecule has 2 aromatic rings. The second kappa shape index (κ2) is 10.9. The van der Waals surface area contributed by atoms with E-state index >= 15 is 0 Å². The van der Waals surface area contributed by atoms with Crippen LogP contribution in [-0.2, 0) is 0 Å². The van der Waals surface area contributed by atoms with Gasteiger partial charge in [0.2, 0.25) is 0 Å². The average Bonchev–Trinajstić information content (AvgIpc) is 2.64. The number of rotatable bonds is 7. The highest BCUT2D eigenvalue weighted by atomic mass is 16.5. The van der Waals surface area contributed by atoms with Crippen molar-refractivity contribution < 1.29 is 9.53 Å². The van der Waals surface area contributed by atoms with Crippen molar-refractivity contribution in [3.8, 4) is 11.5 Å². The minimum absolute atomic E-state index is 0.105. The summed E-state index contributed by atoms with van der Waals surface area (Å²) in [6.45, 7) is 10.3. The summed E-state index contributed by atoms with van der Waals surface area (Å²) in [7, 11) is 0. The smallest absolute Gasteiger partial charge is 0.251 e. The third kappa shape index (κ3) is 7.12. The summed E-state index contributed by atoms with van der Waals surface area (Å²) in [5, 5.41) is 2.88. The van der Waals surface area contributed by atoms with Gasteiger partial charge in [-0.15, -0.1) is 0 Å². The number of carbonyl (C=O) groups excluding carboxylic acids is 1. The van der Waals surface area contributed by atoms with E-state index in [1.165, 1.54) is 0 Å². The molecular weight excluding hydrogens is 312 g/mol. The maximum Gasteiger partial charge on any atom is 0.251 e. The number of nitrogens with one attached hydrogen (secondary N) is 1. The molecule has 2 rings (SSSR count). The van der Waals surface area contributed by atoms with Gasteiger partial charge in [-0.1, -0.05) is 45.5 Å². The van der Waals surface area contributed by atoms with Gasteiger partial charge in [0.15, 0.2) is 0 Å². The van der Waals surface area contributed by atoms with E-state index in [9.17, 15) is 4.79 Å². The summed E-state index contributed by atoms with van der Waals surface area (Å²) >= 11 is 0. The molecule has 4 nitrogen and oxygen atoms in total. The van der Waals surface area contributed by atoms with Crippen LogP contribution < -0.4 is 15.8 Å². The zero-order chi connectivity index (χ0) is 18.7. The third-order valence-electron chi connectivity index (χ3n) is 3.59. The van der Waals surface area contributed by atoms with Gasteiger partial charge in [0.25, 0.3) is 5.91 Å². The lowest BCUT2D eigenvalue weighted by molar-refractivity contribution is 0.0952. The van der Waals surface area contributed by atoms with Crippen LogP contribution >= 0.6 is 0 Å². The molecule has 0 aliphatic carbocycles. The Kier molecular flexibility index (Phi) is 8.86. The van der Waals surface area contributed by atoms with Crippen molar-refractivity contribution in [2.24, 2.45) is 11.7 Å². The number of allylic oxidation sites excluding steroid dienone is 1. The van der Waals surface area contributed by atoms with Crippen molar-refractivity contribution >= 4 is 5.91 Å². The summed E-state index contributed by atoms with van der Waals surface area (Å²) in [5.41, 5.74) is 6.86. The molecule has 0 aromatic heterocycles. The SMILES string of the molecule is C=C(N)C(C)CCNC(=O)c1ccc(Oc2ccccc2)cc1.CC. The Hall–Kier alpha value is -2.75. The highest BCUT2D eigenvalue weighted by Gasteiger charge is 2.07. The number of carbonyl (C=O) groups is 1. The van der Waals surface area contributed by atoms with Gasteiger partial charge in [0, 0.05) is 17.8 Å². The predicted octanol–water partition coefficient (Wildman–Crippen LogP) is 4.73. The fourth-order valence-corrected chi connectivity index (χ4v) is 1.99. The van der Waals surface area contributed by atoms with E-state index in [2.05, 4.69) is 11.9 Å². The molecule has 1 amide bonds. The molecule has 134 valence electrons. The first-order chi connectivity index (χ1) is 12.1. The highest BCUT2D eigenvalue weighted by Crippen LogP contribution is 2.21. The summed E-state index contributed by atoms with van der Waals surface area (Å²) in [5.74, 6) is 1.55. The maximum atomic E-state index is 12.1. The molecule has 0 bridgehead atoms. The highest BCUT2D eigenvalue weighted by molar-refractivity contribution is 5.94. The molecule has 0 saturated heterocycles. The topological polar surface area (TPSA) is 64.3 Å². The quantitative estimate of drug-likeness (QED) is 0.765. The first-order valence-electron chi connectivity index (χ1n) is 8.61. The molecule has 3 N–H and O–H groups in total. The van der Waals surface area contributed by atoms with Gasteiger partial charge in [-0.2, -0.15) is 0 Å². The number of ether oxygens (including phenoxy) is 1. The lowest BCUT2D eigenvalue weighted by Crippen LogP contribution is -2.26. The normalized spacial score (nSPS) is 10.8. The number of benzene rings is 2. The first kappa shape index (κ1) is 20.3. The Bertz CT molecular complexity index is 651. The van der Waals surface area contributed by atoms with Gasteiger partial charge in [-0.25, -0.2) is 0 Å². The van der Waals surface area contributed by atoms with Crippen LogP contribution in [0.2, 0.25) is 0 Å². The zero-order valence-corrected chi connectivity index (χ0v) is 15.3. The number of amides is 1. The second-order valence-corrected chi connectivity index (χ2v) is 5.46. The molecule has 0 heterocycles. The molecule has 1 unspecified atom stereocenters. The third-order valence-corrected chi connectivity index (χ3v) is 3.59. The molecule has 0 aliphatic heterocycles. The van der Waals surface area contributed by atoms with Gasteiger partial charge in [-0.05, 0) is 48.7 Å². The summed E-state index contributed by atoms with van der Waals surface area (Å²) in [6, 6.07) is 16.6. The van der Waals surface area contributed by atoms with Crippen molar-refractivity contribution in [1.29, 1.82) is 0 Å². The van der Waals surface area contributed by atoms with Gasteiger partial charge in [0.05, 0.1) is 0 Å². The maximum absolute atomic E-state index is 12.1. The Morgan fingerprint density at radius 3 is 2.20 bits per heavy atom. The lowest BCUT2D eigenvalue weighted by atomic mass is 10.1. The van der Waals surface area contributed by atoms with Crippen LogP contribution in [0.25, 0.3) is 0 Å². The van der Waals surface area contributed by atoms with Crippen LogP contribution in [0, 0.1) is 5.92 Å². The molecule has 1 atom stereocenters. The molecule has 2 aromatic carbocycles. The van der Waals surface area contributed by atoms with E-state index < -0.39 is 0 Å². The van der Waals surface area contributed by atoms with Crippen LogP contribution in [0.5, 0.6) is 11.5 Å². The van der Waals surface area contributed by atoms with Gasteiger partial charge < -0.3 is 15.8 Å². The van der Waals surface area contributed by atoms with E-state index in [0.29, 0.717) is 23.6 Å². The standard InChI is InChI=1S/C19H22N2O2.C2H6/c1-14(15(2)20)12-13-21-19(22)16-8-10-18(11-9-16)23-17-6-4-3-5-7-17;1-2/h3-11,14H,2,12-13,20H2,1H3,(H,21,22);1-2H3. The Morgan fingerprint density at radius 1 is 1.08 bits per heavy atom. The van der Waals surface area contributed by atoms with Crippen molar-refractivity contribution in [1.82, 2.24) is 5.32 Å². The molecule has 0 aliphatic rings. The minimum atomic E-state index is -0.105. The van der Waals surface area contributed by atoms with Gasteiger partial charge in [-0.3, -0.25) is 4.79 Å². The van der Waals surface area contributed by atoms with Crippen LogP contribution in [0.4, 0.5) is 0 Å². The number of hydrogen-bond donors (Lipinski definition) is 2. The van der Waals surface area contributed by atoms with Gasteiger partial charge >= 0.3 is 0 Å². The van der Waals surface area contributed by atoms with Crippen LogP contribution in [0.15, 0.2) is 66.9 Å². The van der Waals surface area contributed by atoms with E-state index in [-0.39, 0.29) is 11.8 Å². The van der Waals surface area contributed by atoms with Crippen LogP contribution in [-0.4, -0.2) is 12.5 Å². The summed E-state index contributed by atoms with van der Waals surface area (Å²) in [4.78, 5) is 12.1. The molecule has 4 heteroatoms. The minimum Gasteiger partial charge on any atom is -0.457 e. The zero-order valence-electron chi connectivity index (χ0n) is 15.3. The van der Waals surface area contributed by atoms with E-state index in [4.69, 9.17) is 10.5 Å². The Balaban J connectivity index is 0.00000151. The molecule has 0 saturated carbocycles. The van der Waals surface area contributed by atoms with Crippen LogP contribution in [0.1, 0.15) is 37.6 Å². The fourth-order valence-electron chi connectivity index (χ4n) is 1.99. The largest absolute Gasteiger partial charge is 0.457 e. The lowest BCUT2D eigenvalue weighted by Gasteiger charge is -2.11. The predicted molar refractivity (Wildman–Crippen MR) is 104 cm³/mol.